The molecule has 0 radical (unpaired) electrons. The Morgan fingerprint density at radius 2 is 1.85 bits per heavy atom. The summed E-state index contributed by atoms with van der Waals surface area (Å²) in [6.45, 7) is 4.97. The number of piperidine rings is 1. The van der Waals surface area contributed by atoms with Crippen molar-refractivity contribution in [2.75, 3.05) is 7.05 Å². The van der Waals surface area contributed by atoms with Crippen LogP contribution in [0.4, 0.5) is 0 Å². The molecule has 27 heavy (non-hydrogen) atoms. The van der Waals surface area contributed by atoms with Gasteiger partial charge in [0.2, 0.25) is 15.9 Å². The molecular weight excluding hydrogens is 390 g/mol. The van der Waals surface area contributed by atoms with Crippen molar-refractivity contribution in [2.24, 2.45) is 7.05 Å². The summed E-state index contributed by atoms with van der Waals surface area (Å²) in [5.41, 5.74) is 0.985. The maximum absolute atomic E-state index is 12.8. The van der Waals surface area contributed by atoms with Gasteiger partial charge in [0.1, 0.15) is 4.90 Å². The van der Waals surface area contributed by atoms with E-state index in [1.54, 1.807) is 39.8 Å². The number of hydrogen-bond acceptors (Lipinski definition) is 5. The SMILES string of the molecule is Cc1nn(C)c(C)c1S(=O)(=O)NC(C)C(=O)N(C)C1CC2CCC(C1)N2.Cl. The number of rotatable bonds is 5. The molecule has 0 aromatic carbocycles. The van der Waals surface area contributed by atoms with Gasteiger partial charge in [-0.2, -0.15) is 9.82 Å². The predicted octanol–water partition coefficient (Wildman–Crippen LogP) is 0.867. The van der Waals surface area contributed by atoms with Crippen LogP contribution in [0.2, 0.25) is 0 Å². The summed E-state index contributed by atoms with van der Waals surface area (Å²) >= 11 is 0. The smallest absolute Gasteiger partial charge is 0.244 e. The van der Waals surface area contributed by atoms with Crippen molar-refractivity contribution in [1.29, 1.82) is 0 Å². The van der Waals surface area contributed by atoms with E-state index in [4.69, 9.17) is 0 Å². The number of nitrogens with one attached hydrogen (secondary N) is 2. The van der Waals surface area contributed by atoms with Crippen LogP contribution in [0.25, 0.3) is 0 Å². The van der Waals surface area contributed by atoms with E-state index in [-0.39, 0.29) is 29.3 Å². The highest BCUT2D eigenvalue weighted by Gasteiger charge is 2.38. The molecule has 0 saturated carbocycles. The van der Waals surface area contributed by atoms with Crippen LogP contribution in [0.5, 0.6) is 0 Å². The number of aryl methyl sites for hydroxylation is 2. The van der Waals surface area contributed by atoms with Gasteiger partial charge in [-0.25, -0.2) is 8.42 Å². The fourth-order valence-electron chi connectivity index (χ4n) is 4.31. The molecule has 3 atom stereocenters. The van der Waals surface area contributed by atoms with Crippen LogP contribution >= 0.6 is 12.4 Å². The van der Waals surface area contributed by atoms with E-state index in [1.807, 2.05) is 0 Å². The molecule has 1 aromatic heterocycles. The van der Waals surface area contributed by atoms with Crippen LogP contribution in [0.3, 0.4) is 0 Å². The average molecular weight is 420 g/mol. The Bertz CT molecular complexity index is 798. The van der Waals surface area contributed by atoms with Gasteiger partial charge in [-0.15, -0.1) is 12.4 Å². The van der Waals surface area contributed by atoms with E-state index in [2.05, 4.69) is 15.1 Å². The molecule has 3 heterocycles. The second kappa shape index (κ2) is 8.06. The third-order valence-electron chi connectivity index (χ3n) is 5.76. The lowest BCUT2D eigenvalue weighted by Crippen LogP contribution is -2.53. The maximum Gasteiger partial charge on any atom is 0.244 e. The summed E-state index contributed by atoms with van der Waals surface area (Å²) in [6, 6.07) is 0.287. The van der Waals surface area contributed by atoms with Crippen LogP contribution in [0.1, 0.15) is 44.0 Å². The lowest BCUT2D eigenvalue weighted by molar-refractivity contribution is -0.134. The molecule has 2 aliphatic rings. The van der Waals surface area contributed by atoms with E-state index < -0.39 is 16.1 Å². The van der Waals surface area contributed by atoms with E-state index in [0.717, 1.165) is 25.7 Å². The number of sulfonamides is 1. The molecule has 8 nitrogen and oxygen atoms in total. The summed E-state index contributed by atoms with van der Waals surface area (Å²) in [5.74, 6) is -0.195. The lowest BCUT2D eigenvalue weighted by atomic mass is 9.98. The summed E-state index contributed by atoms with van der Waals surface area (Å²) in [4.78, 5) is 14.7. The second-order valence-corrected chi connectivity index (χ2v) is 9.33. The predicted molar refractivity (Wildman–Crippen MR) is 105 cm³/mol. The minimum atomic E-state index is -3.81. The Balaban J connectivity index is 0.00000261. The monoisotopic (exact) mass is 419 g/mol. The number of hydrogen-bond donors (Lipinski definition) is 2. The van der Waals surface area contributed by atoms with Gasteiger partial charge >= 0.3 is 0 Å². The third kappa shape index (κ3) is 4.31. The number of fused-ring (bicyclic) bond motifs is 2. The molecule has 154 valence electrons. The fraction of sp³-hybridized carbons (Fsp3) is 0.765. The van der Waals surface area contributed by atoms with Gasteiger partial charge in [-0.1, -0.05) is 0 Å². The highest BCUT2D eigenvalue weighted by molar-refractivity contribution is 7.89. The lowest BCUT2D eigenvalue weighted by Gasteiger charge is -2.36. The van der Waals surface area contributed by atoms with Crippen molar-refractivity contribution >= 4 is 28.3 Å². The van der Waals surface area contributed by atoms with Crippen molar-refractivity contribution < 1.29 is 13.2 Å². The Morgan fingerprint density at radius 1 is 1.30 bits per heavy atom. The first-order chi connectivity index (χ1) is 12.1. The topological polar surface area (TPSA) is 96.3 Å². The van der Waals surface area contributed by atoms with Crippen molar-refractivity contribution in [3.05, 3.63) is 11.4 Å². The second-order valence-electron chi connectivity index (χ2n) is 7.68. The molecular formula is C17H30ClN5O3S. The number of nitrogens with zero attached hydrogens (tertiary/aromatic N) is 3. The van der Waals surface area contributed by atoms with Crippen LogP contribution < -0.4 is 10.0 Å². The normalized spacial score (nSPS) is 25.7. The molecule has 1 amide bonds. The summed E-state index contributed by atoms with van der Waals surface area (Å²) in [6.07, 6.45) is 4.17. The highest BCUT2D eigenvalue weighted by Crippen LogP contribution is 2.29. The van der Waals surface area contributed by atoms with Gasteiger partial charge in [0.05, 0.1) is 17.4 Å². The van der Waals surface area contributed by atoms with Crippen LogP contribution in [-0.2, 0) is 21.9 Å². The molecule has 1 aromatic rings. The Labute approximate surface area is 167 Å². The Morgan fingerprint density at radius 3 is 2.33 bits per heavy atom. The summed E-state index contributed by atoms with van der Waals surface area (Å²) in [7, 11) is -0.327. The average Bonchev–Trinajstić information content (AvgIpc) is 3.03. The third-order valence-corrected chi connectivity index (χ3v) is 7.55. The van der Waals surface area contributed by atoms with Gasteiger partial charge in [0.15, 0.2) is 0 Å². The number of halogens is 1. The zero-order chi connectivity index (χ0) is 19.2. The molecule has 10 heteroatoms. The molecule has 0 aliphatic carbocycles. The summed E-state index contributed by atoms with van der Waals surface area (Å²) < 4.78 is 29.6. The number of amides is 1. The van der Waals surface area contributed by atoms with Crippen molar-refractivity contribution in [3.8, 4) is 0 Å². The minimum absolute atomic E-state index is 0. The van der Waals surface area contributed by atoms with Gasteiger partial charge in [-0.05, 0) is 46.5 Å². The highest BCUT2D eigenvalue weighted by atomic mass is 35.5. The molecule has 2 bridgehead atoms. The van der Waals surface area contributed by atoms with Crippen molar-refractivity contribution in [3.63, 3.8) is 0 Å². The van der Waals surface area contributed by atoms with E-state index in [9.17, 15) is 13.2 Å². The fourth-order valence-corrected chi connectivity index (χ4v) is 5.95. The van der Waals surface area contributed by atoms with Crippen LogP contribution in [0.15, 0.2) is 4.90 Å². The molecule has 2 fully saturated rings. The van der Waals surface area contributed by atoms with Gasteiger partial charge in [0.25, 0.3) is 0 Å². The Kier molecular flexibility index (Phi) is 6.61. The standard InChI is InChI=1S/C17H29N5O3S.ClH/c1-10-16(12(3)22(5)19-10)26(24,25)20-11(2)17(23)21(4)15-8-13-6-7-14(9-15)18-13;/h11,13-15,18,20H,6-9H2,1-5H3;1H. The molecule has 2 N–H and O–H groups in total. The number of carbonyl (C=O) groups excluding carboxylic acids is 1. The van der Waals surface area contributed by atoms with Crippen molar-refractivity contribution in [1.82, 2.24) is 24.7 Å². The quantitative estimate of drug-likeness (QED) is 0.738. The molecule has 2 aliphatic heterocycles. The number of aromatic nitrogens is 2. The van der Waals surface area contributed by atoms with Gasteiger partial charge in [0, 0.05) is 32.2 Å². The summed E-state index contributed by atoms with van der Waals surface area (Å²) in [5, 5.41) is 7.72. The van der Waals surface area contributed by atoms with E-state index in [1.165, 1.54) is 4.68 Å². The van der Waals surface area contributed by atoms with E-state index >= 15 is 0 Å². The first kappa shape index (κ1) is 22.1. The first-order valence-corrected chi connectivity index (χ1v) is 10.6. The van der Waals surface area contributed by atoms with Crippen LogP contribution in [-0.4, -0.2) is 60.2 Å². The molecule has 2 saturated heterocycles. The van der Waals surface area contributed by atoms with Gasteiger partial charge in [-0.3, -0.25) is 9.48 Å². The molecule has 3 rings (SSSR count). The molecule has 0 spiro atoms. The molecule has 3 unspecified atom stereocenters. The van der Waals surface area contributed by atoms with E-state index in [0.29, 0.717) is 23.5 Å². The zero-order valence-corrected chi connectivity index (χ0v) is 18.2. The zero-order valence-electron chi connectivity index (χ0n) is 16.5. The van der Waals surface area contributed by atoms with Crippen molar-refractivity contribution in [2.45, 2.75) is 75.5 Å². The number of likely N-dealkylation sites (N-methyl/N-ethyl adjacent to an activating group) is 1. The van der Waals surface area contributed by atoms with Crippen LogP contribution in [0, 0.1) is 13.8 Å². The Hall–Kier alpha value is -1.16. The number of carbonyl (C=O) groups is 1. The largest absolute Gasteiger partial charge is 0.341 e. The minimum Gasteiger partial charge on any atom is -0.341 e. The maximum atomic E-state index is 12.8. The first-order valence-electron chi connectivity index (χ1n) is 9.15. The van der Waals surface area contributed by atoms with Gasteiger partial charge < -0.3 is 10.2 Å².